The average Bonchev–Trinajstić information content (AvgIpc) is 2.46. The second kappa shape index (κ2) is 4.63. The molecule has 20 heavy (non-hydrogen) atoms. The number of nitrogens with zero attached hydrogens (tertiary/aromatic N) is 1. The summed E-state index contributed by atoms with van der Waals surface area (Å²) in [6, 6.07) is 12.8. The van der Waals surface area contributed by atoms with E-state index in [2.05, 4.69) is 4.98 Å². The number of fused-ring (bicyclic) bond motifs is 1. The van der Waals surface area contributed by atoms with Crippen molar-refractivity contribution in [2.45, 2.75) is 6.18 Å². The maximum Gasteiger partial charge on any atom is 0.416 e. The van der Waals surface area contributed by atoms with Crippen molar-refractivity contribution < 1.29 is 13.2 Å². The Morgan fingerprint density at radius 2 is 1.50 bits per heavy atom. The van der Waals surface area contributed by atoms with E-state index in [4.69, 9.17) is 0 Å². The van der Waals surface area contributed by atoms with Gasteiger partial charge in [0, 0.05) is 23.3 Å². The molecule has 2 aromatic carbocycles. The molecule has 0 amide bonds. The molecule has 3 rings (SSSR count). The second-order valence-corrected chi connectivity index (χ2v) is 4.48. The Balaban J connectivity index is 2.12. The smallest absolute Gasteiger partial charge is 0.263 e. The Hall–Kier alpha value is -2.36. The van der Waals surface area contributed by atoms with Crippen molar-refractivity contribution in [3.05, 3.63) is 66.5 Å². The van der Waals surface area contributed by atoms with Crippen LogP contribution in [0, 0.1) is 0 Å². The van der Waals surface area contributed by atoms with Crippen molar-refractivity contribution in [3.63, 3.8) is 0 Å². The van der Waals surface area contributed by atoms with Crippen LogP contribution in [0.3, 0.4) is 0 Å². The molecular weight excluding hydrogens is 263 g/mol. The number of benzene rings is 2. The average molecular weight is 273 g/mol. The fourth-order valence-electron chi connectivity index (χ4n) is 2.19. The van der Waals surface area contributed by atoms with E-state index in [0.717, 1.165) is 34.0 Å². The van der Waals surface area contributed by atoms with E-state index < -0.39 is 11.7 Å². The molecule has 0 atom stereocenters. The summed E-state index contributed by atoms with van der Waals surface area (Å²) < 4.78 is 37.7. The summed E-state index contributed by atoms with van der Waals surface area (Å²) in [7, 11) is 0. The molecular formula is C16H10F3N. The second-order valence-electron chi connectivity index (χ2n) is 4.48. The van der Waals surface area contributed by atoms with Crippen LogP contribution in [0.4, 0.5) is 13.2 Å². The van der Waals surface area contributed by atoms with Crippen molar-refractivity contribution >= 4 is 10.8 Å². The van der Waals surface area contributed by atoms with Crippen LogP contribution in [0.15, 0.2) is 60.9 Å². The molecule has 0 spiro atoms. The first-order chi connectivity index (χ1) is 9.55. The van der Waals surface area contributed by atoms with Gasteiger partial charge in [-0.1, -0.05) is 36.4 Å². The van der Waals surface area contributed by atoms with Gasteiger partial charge in [-0.2, -0.15) is 13.2 Å². The van der Waals surface area contributed by atoms with Crippen LogP contribution < -0.4 is 0 Å². The number of halogens is 3. The highest BCUT2D eigenvalue weighted by Crippen LogP contribution is 2.32. The molecule has 0 fully saturated rings. The number of alkyl halides is 3. The zero-order valence-electron chi connectivity index (χ0n) is 10.4. The minimum atomic E-state index is -4.31. The van der Waals surface area contributed by atoms with Gasteiger partial charge in [0.1, 0.15) is 0 Å². The summed E-state index contributed by atoms with van der Waals surface area (Å²) >= 11 is 0. The molecule has 0 N–H and O–H groups in total. The monoisotopic (exact) mass is 273 g/mol. The third-order valence-corrected chi connectivity index (χ3v) is 3.19. The maximum atomic E-state index is 12.6. The van der Waals surface area contributed by atoms with Crippen molar-refractivity contribution in [1.29, 1.82) is 0 Å². The van der Waals surface area contributed by atoms with Gasteiger partial charge in [-0.15, -0.1) is 0 Å². The highest BCUT2D eigenvalue weighted by molar-refractivity contribution is 5.95. The summed E-state index contributed by atoms with van der Waals surface area (Å²) in [6.07, 6.45) is -0.899. The zero-order chi connectivity index (χ0) is 14.2. The molecule has 0 saturated carbocycles. The largest absolute Gasteiger partial charge is 0.416 e. The van der Waals surface area contributed by atoms with Crippen LogP contribution in [0.5, 0.6) is 0 Å². The van der Waals surface area contributed by atoms with E-state index in [1.807, 2.05) is 24.3 Å². The normalized spacial score (nSPS) is 11.8. The third-order valence-electron chi connectivity index (χ3n) is 3.19. The standard InChI is InChI=1S/C16H10F3N/c17-16(18,19)13-7-5-11(6-8-13)15-10-20-9-12-3-1-2-4-14(12)15/h1-10H. The third kappa shape index (κ3) is 2.25. The molecule has 0 radical (unpaired) electrons. The molecule has 1 nitrogen and oxygen atoms in total. The number of hydrogen-bond donors (Lipinski definition) is 0. The summed E-state index contributed by atoms with van der Waals surface area (Å²) in [4.78, 5) is 4.14. The van der Waals surface area contributed by atoms with Crippen molar-refractivity contribution in [3.8, 4) is 11.1 Å². The molecule has 0 unspecified atom stereocenters. The van der Waals surface area contributed by atoms with Crippen LogP contribution in [-0.2, 0) is 6.18 Å². The predicted octanol–water partition coefficient (Wildman–Crippen LogP) is 4.92. The van der Waals surface area contributed by atoms with Crippen molar-refractivity contribution in [2.75, 3.05) is 0 Å². The lowest BCUT2D eigenvalue weighted by Gasteiger charge is -2.09. The number of aromatic nitrogens is 1. The molecule has 1 heterocycles. The van der Waals surface area contributed by atoms with Crippen LogP contribution in [0.1, 0.15) is 5.56 Å². The van der Waals surface area contributed by atoms with Crippen LogP contribution in [0.2, 0.25) is 0 Å². The van der Waals surface area contributed by atoms with E-state index >= 15 is 0 Å². The maximum absolute atomic E-state index is 12.6. The van der Waals surface area contributed by atoms with Gasteiger partial charge in [0.15, 0.2) is 0 Å². The van der Waals surface area contributed by atoms with Gasteiger partial charge in [0.2, 0.25) is 0 Å². The molecule has 3 aromatic rings. The van der Waals surface area contributed by atoms with Crippen LogP contribution in [-0.4, -0.2) is 4.98 Å². The molecule has 0 aliphatic rings. The number of pyridine rings is 1. The van der Waals surface area contributed by atoms with Gasteiger partial charge < -0.3 is 0 Å². The van der Waals surface area contributed by atoms with E-state index in [9.17, 15) is 13.2 Å². The zero-order valence-corrected chi connectivity index (χ0v) is 10.4. The minimum Gasteiger partial charge on any atom is -0.263 e. The molecule has 0 aliphatic heterocycles. The molecule has 0 bridgehead atoms. The van der Waals surface area contributed by atoms with Gasteiger partial charge in [-0.25, -0.2) is 0 Å². The van der Waals surface area contributed by atoms with Crippen molar-refractivity contribution in [1.82, 2.24) is 4.98 Å². The van der Waals surface area contributed by atoms with E-state index in [0.29, 0.717) is 0 Å². The first kappa shape index (κ1) is 12.7. The summed E-state index contributed by atoms with van der Waals surface area (Å²) in [5.41, 5.74) is 0.911. The Bertz CT molecular complexity index is 740. The van der Waals surface area contributed by atoms with E-state index in [1.165, 1.54) is 12.1 Å². The quantitative estimate of drug-likeness (QED) is 0.613. The Kier molecular flexibility index (Phi) is 2.93. The molecule has 0 saturated heterocycles. The lowest BCUT2D eigenvalue weighted by atomic mass is 10.00. The lowest BCUT2D eigenvalue weighted by Crippen LogP contribution is -2.04. The van der Waals surface area contributed by atoms with E-state index in [-0.39, 0.29) is 0 Å². The molecule has 0 aliphatic carbocycles. The summed E-state index contributed by atoms with van der Waals surface area (Å²) in [6.45, 7) is 0. The molecule has 4 heteroatoms. The Morgan fingerprint density at radius 3 is 2.20 bits per heavy atom. The number of hydrogen-bond acceptors (Lipinski definition) is 1. The lowest BCUT2D eigenvalue weighted by molar-refractivity contribution is -0.137. The Labute approximate surface area is 113 Å². The summed E-state index contributed by atoms with van der Waals surface area (Å²) in [5, 5.41) is 1.94. The Morgan fingerprint density at radius 1 is 0.800 bits per heavy atom. The highest BCUT2D eigenvalue weighted by atomic mass is 19.4. The molecule has 100 valence electrons. The van der Waals surface area contributed by atoms with E-state index in [1.54, 1.807) is 12.4 Å². The van der Waals surface area contributed by atoms with Gasteiger partial charge >= 0.3 is 6.18 Å². The predicted molar refractivity (Wildman–Crippen MR) is 72.2 cm³/mol. The van der Waals surface area contributed by atoms with Crippen molar-refractivity contribution in [2.24, 2.45) is 0 Å². The summed E-state index contributed by atoms with van der Waals surface area (Å²) in [5.74, 6) is 0. The van der Waals surface area contributed by atoms with Crippen LogP contribution in [0.25, 0.3) is 21.9 Å². The number of rotatable bonds is 1. The first-order valence-corrected chi connectivity index (χ1v) is 6.06. The van der Waals surface area contributed by atoms with Gasteiger partial charge in [0.05, 0.1) is 5.56 Å². The van der Waals surface area contributed by atoms with Gasteiger partial charge in [0.25, 0.3) is 0 Å². The minimum absolute atomic E-state index is 0.644. The fourth-order valence-corrected chi connectivity index (χ4v) is 2.19. The highest BCUT2D eigenvalue weighted by Gasteiger charge is 2.29. The molecule has 1 aromatic heterocycles. The topological polar surface area (TPSA) is 12.9 Å². The first-order valence-electron chi connectivity index (χ1n) is 6.06. The van der Waals surface area contributed by atoms with Gasteiger partial charge in [-0.05, 0) is 23.1 Å². The van der Waals surface area contributed by atoms with Crippen LogP contribution >= 0.6 is 0 Å². The fraction of sp³-hybridized carbons (Fsp3) is 0.0625. The SMILES string of the molecule is FC(F)(F)c1ccc(-c2cncc3ccccc23)cc1. The van der Waals surface area contributed by atoms with Gasteiger partial charge in [-0.3, -0.25) is 4.98 Å².